The second-order valence-corrected chi connectivity index (χ2v) is 6.35. The van der Waals surface area contributed by atoms with Crippen LogP contribution in [-0.4, -0.2) is 34.8 Å². The lowest BCUT2D eigenvalue weighted by Crippen LogP contribution is -2.33. The van der Waals surface area contributed by atoms with Crippen molar-refractivity contribution in [2.75, 3.05) is 29.5 Å². The Kier molecular flexibility index (Phi) is 3.38. The van der Waals surface area contributed by atoms with E-state index in [9.17, 15) is 0 Å². The molecule has 2 rings (SSSR count). The highest BCUT2D eigenvalue weighted by Crippen LogP contribution is 2.21. The number of thioether (sulfide) groups is 1. The number of rotatable bonds is 1. The molecule has 0 aromatic carbocycles. The van der Waals surface area contributed by atoms with Gasteiger partial charge in [-0.15, -0.1) is 5.10 Å². The number of hydrogen-bond acceptors (Lipinski definition) is 4. The molecular weight excluding hydrogens is 218 g/mol. The average molecular weight is 237 g/mol. The quantitative estimate of drug-likeness (QED) is 0.749. The van der Waals surface area contributed by atoms with Gasteiger partial charge in [-0.3, -0.25) is 0 Å². The summed E-state index contributed by atoms with van der Waals surface area (Å²) in [7, 11) is 0. The second kappa shape index (κ2) is 4.62. The summed E-state index contributed by atoms with van der Waals surface area (Å²) in [6, 6.07) is 4.20. The van der Waals surface area contributed by atoms with Gasteiger partial charge >= 0.3 is 0 Å². The van der Waals surface area contributed by atoms with Crippen LogP contribution in [0.5, 0.6) is 0 Å². The van der Waals surface area contributed by atoms with Crippen LogP contribution in [0.2, 0.25) is 0 Å². The number of hydrogen-bond donors (Lipinski definition) is 0. The van der Waals surface area contributed by atoms with Gasteiger partial charge in [-0.1, -0.05) is 20.8 Å². The molecule has 1 saturated heterocycles. The molecule has 1 aliphatic rings. The summed E-state index contributed by atoms with van der Waals surface area (Å²) < 4.78 is 0. The van der Waals surface area contributed by atoms with E-state index >= 15 is 0 Å². The molecule has 1 aromatic rings. The summed E-state index contributed by atoms with van der Waals surface area (Å²) in [5, 5.41) is 8.66. The number of nitrogens with zero attached hydrogens (tertiary/aromatic N) is 3. The van der Waals surface area contributed by atoms with Crippen molar-refractivity contribution in [2.24, 2.45) is 0 Å². The van der Waals surface area contributed by atoms with Crippen molar-refractivity contribution in [1.29, 1.82) is 0 Å². The first-order valence-electron chi connectivity index (χ1n) is 5.74. The van der Waals surface area contributed by atoms with E-state index in [4.69, 9.17) is 0 Å². The molecular formula is C12H19N3S. The molecule has 0 aliphatic carbocycles. The van der Waals surface area contributed by atoms with Crippen LogP contribution in [0.25, 0.3) is 0 Å². The summed E-state index contributed by atoms with van der Waals surface area (Å²) in [6.07, 6.45) is 0. The third-order valence-electron chi connectivity index (χ3n) is 2.75. The Labute approximate surface area is 102 Å². The maximum absolute atomic E-state index is 4.34. The first-order chi connectivity index (χ1) is 7.57. The minimum Gasteiger partial charge on any atom is -0.353 e. The van der Waals surface area contributed by atoms with Gasteiger partial charge in [-0.2, -0.15) is 16.9 Å². The Morgan fingerprint density at radius 2 is 1.81 bits per heavy atom. The molecule has 0 bridgehead atoms. The highest BCUT2D eigenvalue weighted by atomic mass is 32.2. The summed E-state index contributed by atoms with van der Waals surface area (Å²) in [4.78, 5) is 2.32. The Morgan fingerprint density at radius 1 is 1.12 bits per heavy atom. The van der Waals surface area contributed by atoms with Crippen LogP contribution in [0.3, 0.4) is 0 Å². The van der Waals surface area contributed by atoms with Crippen LogP contribution in [0.4, 0.5) is 5.82 Å². The highest BCUT2D eigenvalue weighted by molar-refractivity contribution is 7.99. The van der Waals surface area contributed by atoms with Crippen LogP contribution in [0, 0.1) is 0 Å². The van der Waals surface area contributed by atoms with Gasteiger partial charge in [0.15, 0.2) is 5.82 Å². The highest BCUT2D eigenvalue weighted by Gasteiger charge is 2.17. The van der Waals surface area contributed by atoms with Gasteiger partial charge in [0.2, 0.25) is 0 Å². The van der Waals surface area contributed by atoms with E-state index in [-0.39, 0.29) is 5.41 Å². The Hall–Kier alpha value is -0.770. The first kappa shape index (κ1) is 11.7. The zero-order valence-corrected chi connectivity index (χ0v) is 11.0. The fraction of sp³-hybridized carbons (Fsp3) is 0.667. The molecule has 2 heterocycles. The number of anilines is 1. The van der Waals surface area contributed by atoms with Gasteiger partial charge in [0.25, 0.3) is 0 Å². The van der Waals surface area contributed by atoms with Crippen molar-refractivity contribution in [2.45, 2.75) is 26.2 Å². The molecule has 0 saturated carbocycles. The first-order valence-corrected chi connectivity index (χ1v) is 6.90. The Balaban J connectivity index is 2.12. The molecule has 1 fully saturated rings. The largest absolute Gasteiger partial charge is 0.353 e. The molecule has 1 aliphatic heterocycles. The molecule has 3 nitrogen and oxygen atoms in total. The van der Waals surface area contributed by atoms with Crippen molar-refractivity contribution in [1.82, 2.24) is 10.2 Å². The predicted octanol–water partition coefficient (Wildman–Crippen LogP) is 2.33. The van der Waals surface area contributed by atoms with Gasteiger partial charge in [-0.25, -0.2) is 0 Å². The van der Waals surface area contributed by atoms with E-state index in [1.165, 1.54) is 11.5 Å². The number of aromatic nitrogens is 2. The van der Waals surface area contributed by atoms with Crippen LogP contribution in [-0.2, 0) is 5.41 Å². The van der Waals surface area contributed by atoms with Crippen molar-refractivity contribution in [3.8, 4) is 0 Å². The normalized spacial score (nSPS) is 17.6. The minimum absolute atomic E-state index is 0.0866. The standard InChI is InChI=1S/C12H19N3S/c1-12(2,3)10-4-5-11(14-13-10)15-6-8-16-9-7-15/h4-5H,6-9H2,1-3H3. The summed E-state index contributed by atoms with van der Waals surface area (Å²) in [5.74, 6) is 3.42. The summed E-state index contributed by atoms with van der Waals surface area (Å²) in [5.41, 5.74) is 1.14. The van der Waals surface area contributed by atoms with Gasteiger partial charge in [0.05, 0.1) is 5.69 Å². The van der Waals surface area contributed by atoms with E-state index in [1.807, 2.05) is 11.8 Å². The smallest absolute Gasteiger partial charge is 0.151 e. The zero-order valence-electron chi connectivity index (χ0n) is 10.2. The van der Waals surface area contributed by atoms with Crippen molar-refractivity contribution >= 4 is 17.6 Å². The van der Waals surface area contributed by atoms with E-state index in [0.29, 0.717) is 0 Å². The van der Waals surface area contributed by atoms with Crippen molar-refractivity contribution in [3.63, 3.8) is 0 Å². The van der Waals surface area contributed by atoms with Crippen LogP contribution >= 0.6 is 11.8 Å². The summed E-state index contributed by atoms with van der Waals surface area (Å²) in [6.45, 7) is 8.67. The molecule has 0 spiro atoms. The van der Waals surface area contributed by atoms with E-state index in [2.05, 4.69) is 48.0 Å². The lowest BCUT2D eigenvalue weighted by Gasteiger charge is -2.27. The fourth-order valence-corrected chi connectivity index (χ4v) is 2.59. The van der Waals surface area contributed by atoms with E-state index in [0.717, 1.165) is 24.6 Å². The molecule has 0 amide bonds. The Bertz CT molecular complexity index is 336. The van der Waals surface area contributed by atoms with Gasteiger partial charge in [0, 0.05) is 30.0 Å². The van der Waals surface area contributed by atoms with Gasteiger partial charge in [-0.05, 0) is 12.1 Å². The van der Waals surface area contributed by atoms with Gasteiger partial charge < -0.3 is 4.90 Å². The third-order valence-corrected chi connectivity index (χ3v) is 3.70. The molecule has 0 atom stereocenters. The van der Waals surface area contributed by atoms with Crippen molar-refractivity contribution < 1.29 is 0 Å². The minimum atomic E-state index is 0.0866. The van der Waals surface area contributed by atoms with Gasteiger partial charge in [0.1, 0.15) is 0 Å². The van der Waals surface area contributed by atoms with Crippen LogP contribution in [0.1, 0.15) is 26.5 Å². The molecule has 4 heteroatoms. The summed E-state index contributed by atoms with van der Waals surface area (Å²) >= 11 is 2.01. The Morgan fingerprint density at radius 3 is 2.31 bits per heavy atom. The maximum Gasteiger partial charge on any atom is 0.151 e. The average Bonchev–Trinajstić information content (AvgIpc) is 2.29. The third kappa shape index (κ3) is 2.67. The molecule has 0 radical (unpaired) electrons. The fourth-order valence-electron chi connectivity index (χ4n) is 1.69. The monoisotopic (exact) mass is 237 g/mol. The SMILES string of the molecule is CC(C)(C)c1ccc(N2CCSCC2)nn1. The van der Waals surface area contributed by atoms with Crippen LogP contribution in [0.15, 0.2) is 12.1 Å². The molecule has 16 heavy (non-hydrogen) atoms. The topological polar surface area (TPSA) is 29.0 Å². The molecule has 1 aromatic heterocycles. The van der Waals surface area contributed by atoms with E-state index in [1.54, 1.807) is 0 Å². The predicted molar refractivity (Wildman–Crippen MR) is 70.3 cm³/mol. The van der Waals surface area contributed by atoms with E-state index < -0.39 is 0 Å². The zero-order chi connectivity index (χ0) is 11.6. The lowest BCUT2D eigenvalue weighted by molar-refractivity contribution is 0.558. The maximum atomic E-state index is 4.34. The lowest BCUT2D eigenvalue weighted by atomic mass is 9.92. The molecule has 0 unspecified atom stereocenters. The van der Waals surface area contributed by atoms with Crippen molar-refractivity contribution in [3.05, 3.63) is 17.8 Å². The van der Waals surface area contributed by atoms with Crippen LogP contribution < -0.4 is 4.90 Å². The second-order valence-electron chi connectivity index (χ2n) is 5.13. The molecule has 0 N–H and O–H groups in total. The molecule has 88 valence electrons.